The van der Waals surface area contributed by atoms with Crippen LogP contribution in [-0.2, 0) is 12.8 Å². The summed E-state index contributed by atoms with van der Waals surface area (Å²) in [6, 6.07) is 14.9. The summed E-state index contributed by atoms with van der Waals surface area (Å²) in [4.78, 5) is 32.7. The highest BCUT2D eigenvalue weighted by Crippen LogP contribution is 2.36. The Morgan fingerprint density at radius 1 is 0.824 bits per heavy atom. The third-order valence-corrected chi connectivity index (χ3v) is 8.41. The molecule has 0 radical (unpaired) electrons. The Hall–Kier alpha value is -2.70. The maximum atomic E-state index is 13.4. The van der Waals surface area contributed by atoms with Crippen molar-refractivity contribution in [2.75, 3.05) is 37.6 Å². The first-order valence-corrected chi connectivity index (χ1v) is 12.8. The lowest BCUT2D eigenvalue weighted by atomic mass is 9.84. The van der Waals surface area contributed by atoms with Crippen molar-refractivity contribution in [3.63, 3.8) is 0 Å². The Balaban J connectivity index is 1.16. The minimum Gasteiger partial charge on any atom is -0.388 e. The molecule has 1 saturated carbocycles. The van der Waals surface area contributed by atoms with E-state index in [9.17, 15) is 14.7 Å². The number of anilines is 1. The second-order valence-electron chi connectivity index (χ2n) is 10.5. The van der Waals surface area contributed by atoms with Gasteiger partial charge in [0.05, 0.1) is 29.0 Å². The number of carbonyl (C=O) groups is 2. The molecule has 6 heteroatoms. The van der Waals surface area contributed by atoms with Crippen molar-refractivity contribution in [3.8, 4) is 0 Å². The van der Waals surface area contributed by atoms with E-state index in [2.05, 4.69) is 34.1 Å². The molecule has 0 aromatic heterocycles. The number of hydrogen-bond acceptors (Lipinski definition) is 5. The zero-order valence-corrected chi connectivity index (χ0v) is 19.7. The number of hydrogen-bond donors (Lipinski definition) is 1. The molecule has 0 bridgehead atoms. The van der Waals surface area contributed by atoms with Crippen LogP contribution in [-0.4, -0.2) is 71.1 Å². The molecular formula is C28H33N3O3. The molecule has 0 unspecified atom stereocenters. The van der Waals surface area contributed by atoms with Crippen LogP contribution < -0.4 is 4.90 Å². The van der Waals surface area contributed by atoms with Gasteiger partial charge in [0.25, 0.3) is 11.8 Å². The Morgan fingerprint density at radius 3 is 2.18 bits per heavy atom. The minimum atomic E-state index is -0.948. The summed E-state index contributed by atoms with van der Waals surface area (Å²) < 4.78 is 0. The molecule has 34 heavy (non-hydrogen) atoms. The fourth-order valence-electron chi connectivity index (χ4n) is 6.51. The second-order valence-corrected chi connectivity index (χ2v) is 10.5. The van der Waals surface area contributed by atoms with E-state index >= 15 is 0 Å². The number of amides is 2. The number of carbonyl (C=O) groups excluding carboxylic acids is 2. The van der Waals surface area contributed by atoms with Gasteiger partial charge in [-0.15, -0.1) is 0 Å². The Morgan fingerprint density at radius 2 is 1.50 bits per heavy atom. The van der Waals surface area contributed by atoms with E-state index in [4.69, 9.17) is 0 Å². The van der Waals surface area contributed by atoms with Crippen LogP contribution in [0.3, 0.4) is 0 Å². The predicted octanol–water partition coefficient (Wildman–Crippen LogP) is 3.27. The van der Waals surface area contributed by atoms with Gasteiger partial charge in [-0.2, -0.15) is 0 Å². The highest BCUT2D eigenvalue weighted by molar-refractivity contribution is 6.23. The molecule has 2 aliphatic heterocycles. The minimum absolute atomic E-state index is 0.106. The van der Waals surface area contributed by atoms with E-state index in [-0.39, 0.29) is 18.4 Å². The number of piperazine rings is 1. The van der Waals surface area contributed by atoms with Gasteiger partial charge >= 0.3 is 0 Å². The van der Waals surface area contributed by atoms with Crippen molar-refractivity contribution in [1.29, 1.82) is 0 Å². The molecule has 2 heterocycles. The Kier molecular flexibility index (Phi) is 5.46. The van der Waals surface area contributed by atoms with Gasteiger partial charge < -0.3 is 10.0 Å². The Bertz CT molecular complexity index is 1090. The molecule has 2 aromatic carbocycles. The monoisotopic (exact) mass is 459 g/mol. The SMILES string of the molecule is O=C1c2cccc(N3CCN(C4Cc5ccccc5C4)CC3)c2C(=O)N1CC1(O)CCCCC1. The van der Waals surface area contributed by atoms with Gasteiger partial charge in [0.2, 0.25) is 0 Å². The van der Waals surface area contributed by atoms with Gasteiger partial charge in [-0.3, -0.25) is 19.4 Å². The second kappa shape index (κ2) is 8.51. The van der Waals surface area contributed by atoms with Gasteiger partial charge in [0.15, 0.2) is 0 Å². The van der Waals surface area contributed by atoms with Crippen molar-refractivity contribution < 1.29 is 14.7 Å². The largest absolute Gasteiger partial charge is 0.388 e. The number of benzene rings is 2. The highest BCUT2D eigenvalue weighted by Gasteiger charge is 2.43. The van der Waals surface area contributed by atoms with Crippen LogP contribution in [0.1, 0.15) is 63.9 Å². The third kappa shape index (κ3) is 3.73. The molecule has 1 N–H and O–H groups in total. The third-order valence-electron chi connectivity index (χ3n) is 8.41. The molecule has 2 fully saturated rings. The van der Waals surface area contributed by atoms with Crippen molar-refractivity contribution in [2.45, 2.75) is 56.6 Å². The lowest BCUT2D eigenvalue weighted by molar-refractivity contribution is -0.0177. The van der Waals surface area contributed by atoms with Crippen molar-refractivity contribution >= 4 is 17.5 Å². The number of imide groups is 1. The standard InChI is InChI=1S/C28H33N3O3/c32-26-23-9-6-10-24(25(23)27(33)31(26)19-28(34)11-4-1-5-12-28)30-15-13-29(14-16-30)22-17-20-7-2-3-8-21(20)18-22/h2-3,6-10,22,34H,1,4-5,11-19H2. The molecule has 0 atom stereocenters. The molecular weight excluding hydrogens is 426 g/mol. The van der Waals surface area contributed by atoms with Crippen molar-refractivity contribution in [2.24, 2.45) is 0 Å². The van der Waals surface area contributed by atoms with E-state index in [1.165, 1.54) is 16.0 Å². The van der Waals surface area contributed by atoms with Crippen LogP contribution in [0.2, 0.25) is 0 Å². The van der Waals surface area contributed by atoms with Gasteiger partial charge in [-0.1, -0.05) is 49.6 Å². The lowest BCUT2D eigenvalue weighted by Crippen LogP contribution is -2.51. The summed E-state index contributed by atoms with van der Waals surface area (Å²) in [7, 11) is 0. The number of fused-ring (bicyclic) bond motifs is 2. The van der Waals surface area contributed by atoms with Crippen molar-refractivity contribution in [1.82, 2.24) is 9.80 Å². The molecule has 2 aromatic rings. The average molecular weight is 460 g/mol. The molecule has 0 spiro atoms. The van der Waals surface area contributed by atoms with Gasteiger partial charge in [0.1, 0.15) is 0 Å². The smallest absolute Gasteiger partial charge is 0.263 e. The normalized spacial score (nSPS) is 22.9. The highest BCUT2D eigenvalue weighted by atomic mass is 16.3. The molecule has 6 rings (SSSR count). The lowest BCUT2D eigenvalue weighted by Gasteiger charge is -2.39. The van der Waals surface area contributed by atoms with Crippen LogP contribution in [0.25, 0.3) is 0 Å². The zero-order valence-electron chi connectivity index (χ0n) is 19.7. The average Bonchev–Trinajstić information content (AvgIpc) is 3.40. The predicted molar refractivity (Wildman–Crippen MR) is 131 cm³/mol. The number of nitrogens with zero attached hydrogens (tertiary/aromatic N) is 3. The van der Waals surface area contributed by atoms with Crippen LogP contribution in [0.4, 0.5) is 5.69 Å². The van der Waals surface area contributed by atoms with Gasteiger partial charge in [-0.25, -0.2) is 0 Å². The van der Waals surface area contributed by atoms with E-state index in [1.807, 2.05) is 12.1 Å². The fraction of sp³-hybridized carbons (Fsp3) is 0.500. The first-order valence-electron chi connectivity index (χ1n) is 12.8. The van der Waals surface area contributed by atoms with E-state index in [0.717, 1.165) is 64.0 Å². The summed E-state index contributed by atoms with van der Waals surface area (Å²) in [5.74, 6) is -0.508. The number of aliphatic hydroxyl groups is 1. The Labute approximate surface area is 201 Å². The molecule has 6 nitrogen and oxygen atoms in total. The van der Waals surface area contributed by atoms with Gasteiger partial charge in [-0.05, 0) is 48.9 Å². The summed E-state index contributed by atoms with van der Waals surface area (Å²) in [6.45, 7) is 3.69. The fourth-order valence-corrected chi connectivity index (χ4v) is 6.51. The molecule has 2 amide bonds. The summed E-state index contributed by atoms with van der Waals surface area (Å²) >= 11 is 0. The summed E-state index contributed by atoms with van der Waals surface area (Å²) in [6.07, 6.45) is 6.53. The van der Waals surface area contributed by atoms with Gasteiger partial charge in [0, 0.05) is 32.2 Å². The zero-order chi connectivity index (χ0) is 23.3. The molecule has 4 aliphatic rings. The van der Waals surface area contributed by atoms with E-state index < -0.39 is 5.60 Å². The van der Waals surface area contributed by atoms with Crippen LogP contribution in [0.5, 0.6) is 0 Å². The summed E-state index contributed by atoms with van der Waals surface area (Å²) in [5, 5.41) is 11.0. The maximum Gasteiger partial charge on any atom is 0.263 e. The quantitative estimate of drug-likeness (QED) is 0.711. The molecule has 178 valence electrons. The first-order chi connectivity index (χ1) is 16.5. The van der Waals surface area contributed by atoms with Crippen LogP contribution in [0, 0.1) is 0 Å². The summed E-state index contributed by atoms with van der Waals surface area (Å²) in [5.41, 5.74) is 3.86. The van der Waals surface area contributed by atoms with E-state index in [0.29, 0.717) is 30.0 Å². The van der Waals surface area contributed by atoms with Crippen LogP contribution >= 0.6 is 0 Å². The first kappa shape index (κ1) is 21.8. The number of rotatable bonds is 4. The van der Waals surface area contributed by atoms with E-state index in [1.54, 1.807) is 6.07 Å². The van der Waals surface area contributed by atoms with Crippen LogP contribution in [0.15, 0.2) is 42.5 Å². The number of β-amino-alcohol motifs (C(OH)–C–C–N with tert-alkyl or cyclic N) is 1. The van der Waals surface area contributed by atoms with Crippen molar-refractivity contribution in [3.05, 3.63) is 64.7 Å². The topological polar surface area (TPSA) is 64.1 Å². The molecule has 2 aliphatic carbocycles. The maximum absolute atomic E-state index is 13.4. The molecule has 1 saturated heterocycles.